The number of nitro groups is 1. The van der Waals surface area contributed by atoms with E-state index in [4.69, 9.17) is 0 Å². The number of carbonyl (C=O) groups is 3. The van der Waals surface area contributed by atoms with Gasteiger partial charge in [-0.25, -0.2) is 0 Å². The van der Waals surface area contributed by atoms with Crippen LogP contribution in [-0.4, -0.2) is 40.6 Å². The van der Waals surface area contributed by atoms with E-state index in [9.17, 15) is 24.5 Å². The molecule has 1 saturated carbocycles. The number of rotatable bonds is 6. The third-order valence-corrected chi connectivity index (χ3v) is 5.34. The summed E-state index contributed by atoms with van der Waals surface area (Å²) < 4.78 is 0. The Balaban J connectivity index is 1.44. The van der Waals surface area contributed by atoms with E-state index < -0.39 is 34.9 Å². The molecule has 0 unspecified atom stereocenters. The molecule has 8 heteroatoms. The van der Waals surface area contributed by atoms with Gasteiger partial charge in [0.1, 0.15) is 12.1 Å². The minimum absolute atomic E-state index is 0.0463. The van der Waals surface area contributed by atoms with Crippen LogP contribution in [-0.2, 0) is 10.2 Å². The molecule has 0 radical (unpaired) electrons. The topological polar surface area (TPSA) is 110 Å². The summed E-state index contributed by atoms with van der Waals surface area (Å²) in [6.07, 6.45) is 1.91. The van der Waals surface area contributed by atoms with Crippen molar-refractivity contribution in [2.24, 2.45) is 0 Å². The molecule has 0 spiro atoms. The van der Waals surface area contributed by atoms with Crippen molar-refractivity contribution in [3.63, 3.8) is 0 Å². The van der Waals surface area contributed by atoms with Crippen LogP contribution < -0.4 is 5.32 Å². The molecule has 0 atom stereocenters. The first-order valence-corrected chi connectivity index (χ1v) is 8.89. The number of imide groups is 1. The van der Waals surface area contributed by atoms with Crippen LogP contribution >= 0.6 is 0 Å². The summed E-state index contributed by atoms with van der Waals surface area (Å²) in [4.78, 5) is 48.5. The van der Waals surface area contributed by atoms with Gasteiger partial charge in [-0.05, 0) is 24.5 Å². The van der Waals surface area contributed by atoms with Gasteiger partial charge in [0.15, 0.2) is 0 Å². The predicted molar refractivity (Wildman–Crippen MR) is 98.8 cm³/mol. The molecule has 0 bridgehead atoms. The third kappa shape index (κ3) is 2.92. The molecule has 4 rings (SSSR count). The van der Waals surface area contributed by atoms with E-state index in [1.54, 1.807) is 0 Å². The lowest BCUT2D eigenvalue weighted by molar-refractivity contribution is -0.385. The van der Waals surface area contributed by atoms with Crippen LogP contribution in [0.5, 0.6) is 0 Å². The normalized spacial score (nSPS) is 16.6. The highest BCUT2D eigenvalue weighted by atomic mass is 16.6. The molecular formula is C20H17N3O5. The maximum atomic E-state index is 12.5. The number of fused-ring (bicyclic) bond motifs is 1. The SMILES string of the molecule is O=C(CN1C(=O)c2cccc([N+](=O)[O-])c2C1=O)NCC1(c2ccccc2)CC1. The molecule has 0 aromatic heterocycles. The zero-order chi connectivity index (χ0) is 19.9. The molecule has 1 aliphatic heterocycles. The molecule has 28 heavy (non-hydrogen) atoms. The van der Waals surface area contributed by atoms with Gasteiger partial charge in [0.2, 0.25) is 5.91 Å². The molecular weight excluding hydrogens is 362 g/mol. The molecule has 1 fully saturated rings. The monoisotopic (exact) mass is 379 g/mol. The molecule has 142 valence electrons. The minimum Gasteiger partial charge on any atom is -0.354 e. The fourth-order valence-electron chi connectivity index (χ4n) is 3.59. The van der Waals surface area contributed by atoms with Gasteiger partial charge in [-0.3, -0.25) is 29.4 Å². The first-order valence-electron chi connectivity index (χ1n) is 8.89. The lowest BCUT2D eigenvalue weighted by atomic mass is 9.96. The van der Waals surface area contributed by atoms with Crippen LogP contribution in [0.1, 0.15) is 39.1 Å². The Kier molecular flexibility index (Phi) is 4.18. The fraction of sp³-hybridized carbons (Fsp3) is 0.250. The van der Waals surface area contributed by atoms with Crippen LogP contribution in [0, 0.1) is 10.1 Å². The maximum Gasteiger partial charge on any atom is 0.282 e. The second-order valence-electron chi connectivity index (χ2n) is 7.08. The van der Waals surface area contributed by atoms with E-state index in [1.807, 2.05) is 30.3 Å². The Labute approximate surface area is 160 Å². The molecule has 3 amide bonds. The molecule has 2 aromatic rings. The highest BCUT2D eigenvalue weighted by molar-refractivity contribution is 6.24. The molecule has 2 aromatic carbocycles. The Morgan fingerprint density at radius 3 is 2.43 bits per heavy atom. The zero-order valence-electron chi connectivity index (χ0n) is 14.9. The second kappa shape index (κ2) is 6.56. The number of nitrogens with one attached hydrogen (secondary N) is 1. The number of hydrogen-bond acceptors (Lipinski definition) is 5. The Hall–Kier alpha value is -3.55. The predicted octanol–water partition coefficient (Wildman–Crippen LogP) is 2.04. The fourth-order valence-corrected chi connectivity index (χ4v) is 3.59. The van der Waals surface area contributed by atoms with Gasteiger partial charge >= 0.3 is 0 Å². The summed E-state index contributed by atoms with van der Waals surface area (Å²) in [5, 5.41) is 13.9. The van der Waals surface area contributed by atoms with Gasteiger partial charge in [0.25, 0.3) is 17.5 Å². The summed E-state index contributed by atoms with van der Waals surface area (Å²) in [5.41, 5.74) is 0.312. The van der Waals surface area contributed by atoms with Crippen molar-refractivity contribution in [2.75, 3.05) is 13.1 Å². The second-order valence-corrected chi connectivity index (χ2v) is 7.08. The van der Waals surface area contributed by atoms with Crippen molar-refractivity contribution in [3.8, 4) is 0 Å². The Bertz CT molecular complexity index is 998. The van der Waals surface area contributed by atoms with Crippen molar-refractivity contribution in [1.29, 1.82) is 0 Å². The molecule has 2 aliphatic rings. The Morgan fingerprint density at radius 2 is 1.79 bits per heavy atom. The maximum absolute atomic E-state index is 12.5. The van der Waals surface area contributed by atoms with Gasteiger partial charge in [-0.15, -0.1) is 0 Å². The van der Waals surface area contributed by atoms with E-state index >= 15 is 0 Å². The first-order chi connectivity index (χ1) is 13.4. The molecule has 0 saturated heterocycles. The third-order valence-electron chi connectivity index (χ3n) is 5.34. The molecule has 1 N–H and O–H groups in total. The lowest BCUT2D eigenvalue weighted by Crippen LogP contribution is -2.42. The first kappa shape index (κ1) is 17.8. The largest absolute Gasteiger partial charge is 0.354 e. The summed E-state index contributed by atoms with van der Waals surface area (Å²) >= 11 is 0. The zero-order valence-corrected chi connectivity index (χ0v) is 14.9. The standard InChI is InChI=1S/C20H17N3O5/c24-16(21-12-20(9-10-20)13-5-2-1-3-6-13)11-22-18(25)14-7-4-8-15(23(27)28)17(14)19(22)26/h1-8H,9-12H2,(H,21,24). The highest BCUT2D eigenvalue weighted by Gasteiger charge is 2.45. The van der Waals surface area contributed by atoms with Crippen LogP contribution in [0.3, 0.4) is 0 Å². The number of nitrogens with zero attached hydrogens (tertiary/aromatic N) is 2. The van der Waals surface area contributed by atoms with Crippen molar-refractivity contribution >= 4 is 23.4 Å². The Morgan fingerprint density at radius 1 is 1.07 bits per heavy atom. The van der Waals surface area contributed by atoms with E-state index in [0.717, 1.165) is 23.3 Å². The van der Waals surface area contributed by atoms with Crippen molar-refractivity contribution < 1.29 is 19.3 Å². The highest BCUT2D eigenvalue weighted by Crippen LogP contribution is 2.47. The van der Waals surface area contributed by atoms with Gasteiger partial charge in [-0.1, -0.05) is 36.4 Å². The smallest absolute Gasteiger partial charge is 0.282 e. The summed E-state index contributed by atoms with van der Waals surface area (Å²) in [6.45, 7) is -0.0481. The van der Waals surface area contributed by atoms with E-state index in [-0.39, 0.29) is 16.5 Å². The average Bonchev–Trinajstić information content (AvgIpc) is 3.46. The minimum atomic E-state index is -0.813. The van der Waals surface area contributed by atoms with Gasteiger partial charge < -0.3 is 5.32 Å². The summed E-state index contributed by atoms with van der Waals surface area (Å²) in [7, 11) is 0. The number of hydrogen-bond donors (Lipinski definition) is 1. The summed E-state index contributed by atoms with van der Waals surface area (Å²) in [6, 6.07) is 13.7. The van der Waals surface area contributed by atoms with Crippen LogP contribution in [0.25, 0.3) is 0 Å². The number of carbonyl (C=O) groups excluding carboxylic acids is 3. The van der Waals surface area contributed by atoms with E-state index in [0.29, 0.717) is 6.54 Å². The van der Waals surface area contributed by atoms with Gasteiger partial charge in [0.05, 0.1) is 10.5 Å². The van der Waals surface area contributed by atoms with Crippen molar-refractivity contribution in [3.05, 3.63) is 75.3 Å². The van der Waals surface area contributed by atoms with Crippen LogP contribution in [0.2, 0.25) is 0 Å². The number of amides is 3. The van der Waals surface area contributed by atoms with E-state index in [1.165, 1.54) is 18.2 Å². The van der Waals surface area contributed by atoms with Crippen molar-refractivity contribution in [1.82, 2.24) is 10.2 Å². The van der Waals surface area contributed by atoms with Crippen LogP contribution in [0.4, 0.5) is 5.69 Å². The van der Waals surface area contributed by atoms with Gasteiger partial charge in [0, 0.05) is 18.0 Å². The molecule has 8 nitrogen and oxygen atoms in total. The molecule has 1 heterocycles. The number of nitro benzene ring substituents is 1. The molecule has 1 aliphatic carbocycles. The van der Waals surface area contributed by atoms with Gasteiger partial charge in [-0.2, -0.15) is 0 Å². The summed E-state index contributed by atoms with van der Waals surface area (Å²) in [5.74, 6) is -1.98. The van der Waals surface area contributed by atoms with Crippen LogP contribution in [0.15, 0.2) is 48.5 Å². The quantitative estimate of drug-likeness (QED) is 0.469. The average molecular weight is 379 g/mol. The van der Waals surface area contributed by atoms with E-state index in [2.05, 4.69) is 5.32 Å². The number of benzene rings is 2. The lowest BCUT2D eigenvalue weighted by Gasteiger charge is -2.18. The van der Waals surface area contributed by atoms with Crippen molar-refractivity contribution in [2.45, 2.75) is 18.3 Å².